The number of amides is 2. The molecule has 0 aliphatic carbocycles. The Hall–Kier alpha value is -1.55. The topological polar surface area (TPSA) is 49.4 Å². The lowest BCUT2D eigenvalue weighted by molar-refractivity contribution is -0.126. The predicted octanol–water partition coefficient (Wildman–Crippen LogP) is 1.83. The van der Waals surface area contributed by atoms with Crippen molar-refractivity contribution in [1.29, 1.82) is 0 Å². The second kappa shape index (κ2) is 5.40. The summed E-state index contributed by atoms with van der Waals surface area (Å²) in [5, 5.41) is 3.33. The molecule has 5 heteroatoms. The van der Waals surface area contributed by atoms with Crippen LogP contribution in [0.25, 0.3) is 0 Å². The first-order valence-electron chi connectivity index (χ1n) is 5.95. The van der Waals surface area contributed by atoms with E-state index in [-0.39, 0.29) is 24.2 Å². The standard InChI is InChI=1S/C13H15ClN2O2/c1-2-15-13(18)9-6-12(17)16(8-9)11-5-3-4-10(14)7-11/h3-5,7,9H,2,6,8H2,1H3,(H,15,18). The molecule has 4 nitrogen and oxygen atoms in total. The van der Waals surface area contributed by atoms with Gasteiger partial charge in [0.2, 0.25) is 11.8 Å². The van der Waals surface area contributed by atoms with Crippen molar-refractivity contribution in [3.8, 4) is 0 Å². The van der Waals surface area contributed by atoms with Crippen LogP contribution in [0.1, 0.15) is 13.3 Å². The zero-order valence-corrected chi connectivity index (χ0v) is 10.9. The van der Waals surface area contributed by atoms with Crippen molar-refractivity contribution < 1.29 is 9.59 Å². The van der Waals surface area contributed by atoms with E-state index in [0.29, 0.717) is 18.1 Å². The molecule has 1 aliphatic rings. The van der Waals surface area contributed by atoms with Gasteiger partial charge in [0.1, 0.15) is 0 Å². The molecule has 96 valence electrons. The van der Waals surface area contributed by atoms with Gasteiger partial charge in [0, 0.05) is 30.2 Å². The van der Waals surface area contributed by atoms with Crippen LogP contribution in [0.5, 0.6) is 0 Å². The highest BCUT2D eigenvalue weighted by molar-refractivity contribution is 6.30. The van der Waals surface area contributed by atoms with Crippen LogP contribution in [0.4, 0.5) is 5.69 Å². The van der Waals surface area contributed by atoms with Crippen LogP contribution < -0.4 is 10.2 Å². The quantitative estimate of drug-likeness (QED) is 0.907. The predicted molar refractivity (Wildman–Crippen MR) is 70.6 cm³/mol. The van der Waals surface area contributed by atoms with Crippen molar-refractivity contribution in [2.75, 3.05) is 18.0 Å². The maximum absolute atomic E-state index is 11.9. The fraction of sp³-hybridized carbons (Fsp3) is 0.385. The first-order valence-corrected chi connectivity index (χ1v) is 6.33. The zero-order chi connectivity index (χ0) is 13.1. The molecule has 0 radical (unpaired) electrons. The number of halogens is 1. The Kier molecular flexibility index (Phi) is 3.87. The van der Waals surface area contributed by atoms with Crippen LogP contribution in [0.15, 0.2) is 24.3 Å². The fourth-order valence-electron chi connectivity index (χ4n) is 2.10. The Morgan fingerprint density at radius 2 is 2.33 bits per heavy atom. The van der Waals surface area contributed by atoms with Crippen LogP contribution in [-0.4, -0.2) is 24.9 Å². The van der Waals surface area contributed by atoms with Crippen molar-refractivity contribution in [3.63, 3.8) is 0 Å². The van der Waals surface area contributed by atoms with E-state index in [1.807, 2.05) is 13.0 Å². The fourth-order valence-corrected chi connectivity index (χ4v) is 2.28. The molecule has 1 aromatic rings. The Labute approximate surface area is 111 Å². The molecule has 0 spiro atoms. The van der Waals surface area contributed by atoms with Gasteiger partial charge in [-0.3, -0.25) is 9.59 Å². The van der Waals surface area contributed by atoms with Gasteiger partial charge in [0.15, 0.2) is 0 Å². The highest BCUT2D eigenvalue weighted by Crippen LogP contribution is 2.27. The zero-order valence-electron chi connectivity index (χ0n) is 10.1. The van der Waals surface area contributed by atoms with Crippen molar-refractivity contribution in [2.45, 2.75) is 13.3 Å². The summed E-state index contributed by atoms with van der Waals surface area (Å²) in [4.78, 5) is 25.2. The molecule has 0 bridgehead atoms. The van der Waals surface area contributed by atoms with Crippen LogP contribution in [-0.2, 0) is 9.59 Å². The van der Waals surface area contributed by atoms with Crippen LogP contribution >= 0.6 is 11.6 Å². The van der Waals surface area contributed by atoms with Crippen molar-refractivity contribution >= 4 is 29.1 Å². The van der Waals surface area contributed by atoms with Crippen LogP contribution in [0, 0.1) is 5.92 Å². The van der Waals surface area contributed by atoms with Crippen LogP contribution in [0.2, 0.25) is 5.02 Å². The first kappa shape index (κ1) is 12.9. The average molecular weight is 267 g/mol. The lowest BCUT2D eigenvalue weighted by Crippen LogP contribution is -2.32. The normalized spacial score (nSPS) is 19.1. The SMILES string of the molecule is CCNC(=O)C1CC(=O)N(c2cccc(Cl)c2)C1. The molecular weight excluding hydrogens is 252 g/mol. The summed E-state index contributed by atoms with van der Waals surface area (Å²) in [6, 6.07) is 7.11. The van der Waals surface area contributed by atoms with E-state index in [9.17, 15) is 9.59 Å². The summed E-state index contributed by atoms with van der Waals surface area (Å²) in [5.74, 6) is -0.361. The smallest absolute Gasteiger partial charge is 0.227 e. The van der Waals surface area contributed by atoms with Crippen LogP contribution in [0.3, 0.4) is 0 Å². The number of rotatable bonds is 3. The maximum atomic E-state index is 11.9. The molecule has 2 amide bonds. The van der Waals surface area contributed by atoms with E-state index in [0.717, 1.165) is 5.69 Å². The van der Waals surface area contributed by atoms with Gasteiger partial charge in [0.25, 0.3) is 0 Å². The van der Waals surface area contributed by atoms with E-state index in [1.165, 1.54) is 0 Å². The number of nitrogens with zero attached hydrogens (tertiary/aromatic N) is 1. The maximum Gasteiger partial charge on any atom is 0.227 e. The number of nitrogens with one attached hydrogen (secondary N) is 1. The van der Waals surface area contributed by atoms with Gasteiger partial charge in [-0.2, -0.15) is 0 Å². The minimum atomic E-state index is -0.267. The summed E-state index contributed by atoms with van der Waals surface area (Å²) in [5.41, 5.74) is 0.749. The first-order chi connectivity index (χ1) is 8.61. The largest absolute Gasteiger partial charge is 0.356 e. The summed E-state index contributed by atoms with van der Waals surface area (Å²) >= 11 is 5.90. The van der Waals surface area contributed by atoms with E-state index in [2.05, 4.69) is 5.32 Å². The van der Waals surface area contributed by atoms with Crippen molar-refractivity contribution in [2.24, 2.45) is 5.92 Å². The van der Waals surface area contributed by atoms with Gasteiger partial charge >= 0.3 is 0 Å². The number of carbonyl (C=O) groups is 2. The lowest BCUT2D eigenvalue weighted by atomic mass is 10.1. The minimum absolute atomic E-state index is 0.0338. The van der Waals surface area contributed by atoms with Crippen molar-refractivity contribution in [3.05, 3.63) is 29.3 Å². The lowest BCUT2D eigenvalue weighted by Gasteiger charge is -2.16. The Morgan fingerprint density at radius 3 is 3.00 bits per heavy atom. The Morgan fingerprint density at radius 1 is 1.56 bits per heavy atom. The van der Waals surface area contributed by atoms with Gasteiger partial charge in [-0.05, 0) is 25.1 Å². The third kappa shape index (κ3) is 2.64. The molecule has 0 aromatic heterocycles. The molecule has 0 saturated carbocycles. The molecule has 1 saturated heterocycles. The molecule has 1 atom stereocenters. The van der Waals surface area contributed by atoms with Gasteiger partial charge < -0.3 is 10.2 Å². The molecule has 2 rings (SSSR count). The van der Waals surface area contributed by atoms with Gasteiger partial charge in [0.05, 0.1) is 5.92 Å². The highest BCUT2D eigenvalue weighted by atomic mass is 35.5. The number of hydrogen-bond acceptors (Lipinski definition) is 2. The Bertz CT molecular complexity index is 476. The summed E-state index contributed by atoms with van der Waals surface area (Å²) < 4.78 is 0. The molecule has 1 aliphatic heterocycles. The number of carbonyl (C=O) groups excluding carboxylic acids is 2. The van der Waals surface area contributed by atoms with Crippen molar-refractivity contribution in [1.82, 2.24) is 5.32 Å². The molecular formula is C13H15ClN2O2. The summed E-state index contributed by atoms with van der Waals surface area (Å²) in [6.45, 7) is 2.87. The molecule has 1 heterocycles. The monoisotopic (exact) mass is 266 g/mol. The third-order valence-corrected chi connectivity index (χ3v) is 3.20. The molecule has 18 heavy (non-hydrogen) atoms. The Balaban J connectivity index is 2.12. The minimum Gasteiger partial charge on any atom is -0.356 e. The summed E-state index contributed by atoms with van der Waals surface area (Å²) in [7, 11) is 0. The molecule has 1 aromatic carbocycles. The summed E-state index contributed by atoms with van der Waals surface area (Å²) in [6.07, 6.45) is 0.262. The molecule has 1 N–H and O–H groups in total. The second-order valence-corrected chi connectivity index (χ2v) is 4.72. The molecule has 1 unspecified atom stereocenters. The highest BCUT2D eigenvalue weighted by Gasteiger charge is 2.34. The van der Waals surface area contributed by atoms with Gasteiger partial charge in [-0.25, -0.2) is 0 Å². The van der Waals surface area contributed by atoms with Gasteiger partial charge in [-0.1, -0.05) is 17.7 Å². The molecule has 1 fully saturated rings. The second-order valence-electron chi connectivity index (χ2n) is 4.28. The number of benzene rings is 1. The number of anilines is 1. The number of hydrogen-bond donors (Lipinski definition) is 1. The average Bonchev–Trinajstić information content (AvgIpc) is 2.72. The third-order valence-electron chi connectivity index (χ3n) is 2.97. The van der Waals surface area contributed by atoms with E-state index >= 15 is 0 Å². The van der Waals surface area contributed by atoms with E-state index in [4.69, 9.17) is 11.6 Å². The van der Waals surface area contributed by atoms with Gasteiger partial charge in [-0.15, -0.1) is 0 Å². The van der Waals surface area contributed by atoms with E-state index in [1.54, 1.807) is 23.1 Å². The van der Waals surface area contributed by atoms with E-state index < -0.39 is 0 Å².